The third-order valence-corrected chi connectivity index (χ3v) is 4.52. The van der Waals surface area contributed by atoms with Crippen LogP contribution in [-0.4, -0.2) is 31.1 Å². The van der Waals surface area contributed by atoms with Gasteiger partial charge in [0.05, 0.1) is 0 Å². The molecule has 1 aromatic rings. The van der Waals surface area contributed by atoms with Crippen molar-refractivity contribution in [1.82, 2.24) is 5.32 Å². The molecule has 2 rings (SSSR count). The van der Waals surface area contributed by atoms with Gasteiger partial charge in [-0.2, -0.15) is 0 Å². The standard InChI is InChI=1S/C18H25NO4/c1-13-7-6-10-16(14(13)2)19-17(20)11-23-18(21)12-22-15-8-4-3-5-9-15/h3-5,8-9,13-14,16H,6-7,10-12H2,1-2H3,(H,19,20)/t13-,14-,16+/m1/s1. The summed E-state index contributed by atoms with van der Waals surface area (Å²) in [6, 6.07) is 9.19. The molecule has 1 aliphatic carbocycles. The average Bonchev–Trinajstić information content (AvgIpc) is 2.56. The van der Waals surface area contributed by atoms with E-state index in [4.69, 9.17) is 9.47 Å². The van der Waals surface area contributed by atoms with E-state index in [-0.39, 0.29) is 25.2 Å². The number of amides is 1. The van der Waals surface area contributed by atoms with Gasteiger partial charge < -0.3 is 14.8 Å². The number of carbonyl (C=O) groups excluding carboxylic acids is 2. The molecule has 1 N–H and O–H groups in total. The molecule has 0 saturated heterocycles. The topological polar surface area (TPSA) is 64.6 Å². The minimum Gasteiger partial charge on any atom is -0.482 e. The summed E-state index contributed by atoms with van der Waals surface area (Å²) in [6.07, 6.45) is 3.32. The molecular formula is C18H25NO4. The predicted octanol–water partition coefficient (Wildman–Crippen LogP) is 2.55. The van der Waals surface area contributed by atoms with Gasteiger partial charge in [-0.25, -0.2) is 4.79 Å². The van der Waals surface area contributed by atoms with Crippen molar-refractivity contribution in [3.8, 4) is 5.75 Å². The molecule has 1 aromatic carbocycles. The maximum Gasteiger partial charge on any atom is 0.344 e. The van der Waals surface area contributed by atoms with E-state index in [1.165, 1.54) is 6.42 Å². The number of carbonyl (C=O) groups is 2. The molecule has 0 heterocycles. The highest BCUT2D eigenvalue weighted by Gasteiger charge is 2.28. The Morgan fingerprint density at radius 3 is 2.61 bits per heavy atom. The van der Waals surface area contributed by atoms with Gasteiger partial charge in [0.1, 0.15) is 5.75 Å². The molecule has 5 nitrogen and oxygen atoms in total. The Bertz CT molecular complexity index is 517. The third-order valence-electron chi connectivity index (χ3n) is 4.52. The quantitative estimate of drug-likeness (QED) is 0.819. The normalized spacial score (nSPS) is 23.8. The molecule has 1 fully saturated rings. The van der Waals surface area contributed by atoms with Crippen molar-refractivity contribution in [2.24, 2.45) is 11.8 Å². The van der Waals surface area contributed by atoms with Gasteiger partial charge in [-0.1, -0.05) is 44.9 Å². The van der Waals surface area contributed by atoms with E-state index in [0.717, 1.165) is 12.8 Å². The van der Waals surface area contributed by atoms with E-state index in [2.05, 4.69) is 19.2 Å². The molecule has 0 unspecified atom stereocenters. The first-order chi connectivity index (χ1) is 11.1. The second kappa shape index (κ2) is 8.56. The van der Waals surface area contributed by atoms with Crippen molar-refractivity contribution in [2.75, 3.05) is 13.2 Å². The fourth-order valence-corrected chi connectivity index (χ4v) is 2.88. The minimum atomic E-state index is -0.547. The van der Waals surface area contributed by atoms with Gasteiger partial charge in [0, 0.05) is 6.04 Å². The molecule has 0 spiro atoms. The Morgan fingerprint density at radius 2 is 1.87 bits per heavy atom. The zero-order valence-corrected chi connectivity index (χ0v) is 13.8. The lowest BCUT2D eigenvalue weighted by Crippen LogP contribution is -2.45. The van der Waals surface area contributed by atoms with Gasteiger partial charge in [-0.05, 0) is 30.4 Å². The van der Waals surface area contributed by atoms with Crippen LogP contribution in [0.3, 0.4) is 0 Å². The summed E-state index contributed by atoms with van der Waals surface area (Å²) in [6.45, 7) is 3.92. The van der Waals surface area contributed by atoms with Gasteiger partial charge in [0.25, 0.3) is 5.91 Å². The lowest BCUT2D eigenvalue weighted by molar-refractivity contribution is -0.150. The van der Waals surface area contributed by atoms with Crippen LogP contribution in [0.4, 0.5) is 0 Å². The number of benzene rings is 1. The number of ether oxygens (including phenoxy) is 2. The number of esters is 1. The largest absolute Gasteiger partial charge is 0.482 e. The Labute approximate surface area is 137 Å². The third kappa shape index (κ3) is 5.58. The summed E-state index contributed by atoms with van der Waals surface area (Å²) in [4.78, 5) is 23.5. The highest BCUT2D eigenvalue weighted by atomic mass is 16.6. The van der Waals surface area contributed by atoms with E-state index in [0.29, 0.717) is 17.6 Å². The first-order valence-electron chi connectivity index (χ1n) is 8.19. The van der Waals surface area contributed by atoms with Crippen LogP contribution in [0, 0.1) is 11.8 Å². The molecule has 1 amide bonds. The van der Waals surface area contributed by atoms with Crippen LogP contribution in [0.2, 0.25) is 0 Å². The number of para-hydroxylation sites is 1. The van der Waals surface area contributed by atoms with Crippen molar-refractivity contribution >= 4 is 11.9 Å². The van der Waals surface area contributed by atoms with E-state index in [1.807, 2.05) is 18.2 Å². The maximum atomic E-state index is 11.9. The Kier molecular flexibility index (Phi) is 6.44. The van der Waals surface area contributed by atoms with Gasteiger partial charge in [-0.15, -0.1) is 0 Å². The van der Waals surface area contributed by atoms with E-state index >= 15 is 0 Å². The van der Waals surface area contributed by atoms with E-state index in [1.54, 1.807) is 12.1 Å². The predicted molar refractivity (Wildman–Crippen MR) is 87.0 cm³/mol. The first kappa shape index (κ1) is 17.3. The number of hydrogen-bond acceptors (Lipinski definition) is 4. The molecule has 0 bridgehead atoms. The van der Waals surface area contributed by atoms with Crippen LogP contribution in [-0.2, 0) is 14.3 Å². The van der Waals surface area contributed by atoms with Crippen LogP contribution in [0.1, 0.15) is 33.1 Å². The lowest BCUT2D eigenvalue weighted by Gasteiger charge is -2.34. The fourth-order valence-electron chi connectivity index (χ4n) is 2.88. The molecule has 3 atom stereocenters. The van der Waals surface area contributed by atoms with Gasteiger partial charge in [-0.3, -0.25) is 4.79 Å². The molecule has 5 heteroatoms. The average molecular weight is 319 g/mol. The summed E-state index contributed by atoms with van der Waals surface area (Å²) >= 11 is 0. The van der Waals surface area contributed by atoms with Crippen molar-refractivity contribution in [3.63, 3.8) is 0 Å². The summed E-state index contributed by atoms with van der Waals surface area (Å²) in [7, 11) is 0. The lowest BCUT2D eigenvalue weighted by atomic mass is 9.78. The molecule has 1 aliphatic rings. The molecule has 126 valence electrons. The van der Waals surface area contributed by atoms with E-state index < -0.39 is 5.97 Å². The van der Waals surface area contributed by atoms with Crippen molar-refractivity contribution < 1.29 is 19.1 Å². The zero-order valence-electron chi connectivity index (χ0n) is 13.8. The van der Waals surface area contributed by atoms with Crippen LogP contribution in [0.5, 0.6) is 5.75 Å². The monoisotopic (exact) mass is 319 g/mol. The Morgan fingerprint density at radius 1 is 1.13 bits per heavy atom. The van der Waals surface area contributed by atoms with Gasteiger partial charge in [0.2, 0.25) is 0 Å². The smallest absolute Gasteiger partial charge is 0.344 e. The number of hydrogen-bond donors (Lipinski definition) is 1. The summed E-state index contributed by atoms with van der Waals surface area (Å²) in [5.41, 5.74) is 0. The fraction of sp³-hybridized carbons (Fsp3) is 0.556. The van der Waals surface area contributed by atoms with Crippen molar-refractivity contribution in [3.05, 3.63) is 30.3 Å². The molecule has 23 heavy (non-hydrogen) atoms. The van der Waals surface area contributed by atoms with Crippen molar-refractivity contribution in [2.45, 2.75) is 39.2 Å². The highest BCUT2D eigenvalue weighted by Crippen LogP contribution is 2.29. The second-order valence-electron chi connectivity index (χ2n) is 6.20. The summed E-state index contributed by atoms with van der Waals surface area (Å²) in [5.74, 6) is 0.859. The Hall–Kier alpha value is -2.04. The minimum absolute atomic E-state index is 0.172. The molecular weight excluding hydrogens is 294 g/mol. The van der Waals surface area contributed by atoms with Crippen LogP contribution in [0.15, 0.2) is 30.3 Å². The zero-order chi connectivity index (χ0) is 16.7. The SMILES string of the molecule is C[C@@H]1[C@H](C)CCC[C@@H]1NC(=O)COC(=O)COc1ccccc1. The van der Waals surface area contributed by atoms with Crippen LogP contribution in [0.25, 0.3) is 0 Å². The van der Waals surface area contributed by atoms with Crippen LogP contribution >= 0.6 is 0 Å². The summed E-state index contributed by atoms with van der Waals surface area (Å²) in [5, 5.41) is 2.97. The number of rotatable bonds is 6. The van der Waals surface area contributed by atoms with Crippen molar-refractivity contribution in [1.29, 1.82) is 0 Å². The molecule has 0 radical (unpaired) electrons. The van der Waals surface area contributed by atoms with E-state index in [9.17, 15) is 9.59 Å². The second-order valence-corrected chi connectivity index (χ2v) is 6.20. The van der Waals surface area contributed by atoms with Gasteiger partial charge >= 0.3 is 5.97 Å². The molecule has 1 saturated carbocycles. The Balaban J connectivity index is 1.66. The van der Waals surface area contributed by atoms with Gasteiger partial charge in [0.15, 0.2) is 13.2 Å². The highest BCUT2D eigenvalue weighted by molar-refractivity contribution is 5.81. The first-order valence-corrected chi connectivity index (χ1v) is 8.19. The summed E-state index contributed by atoms with van der Waals surface area (Å²) < 4.78 is 10.2. The molecule has 0 aromatic heterocycles. The molecule has 0 aliphatic heterocycles. The van der Waals surface area contributed by atoms with Crippen LogP contribution < -0.4 is 10.1 Å². The number of nitrogens with one attached hydrogen (secondary N) is 1. The maximum absolute atomic E-state index is 11.9.